The summed E-state index contributed by atoms with van der Waals surface area (Å²) >= 11 is 1.34. The van der Waals surface area contributed by atoms with E-state index in [4.69, 9.17) is 4.74 Å². The van der Waals surface area contributed by atoms with E-state index < -0.39 is 12.0 Å². The molecule has 1 aliphatic heterocycles. The van der Waals surface area contributed by atoms with E-state index in [1.165, 1.54) is 11.3 Å². The van der Waals surface area contributed by atoms with E-state index >= 15 is 0 Å². The third kappa shape index (κ3) is 3.54. The summed E-state index contributed by atoms with van der Waals surface area (Å²) in [6, 6.07) is 17.1. The molecule has 0 spiro atoms. The van der Waals surface area contributed by atoms with Gasteiger partial charge in [0.25, 0.3) is 5.56 Å². The normalized spacial score (nSPS) is 16.1. The first-order chi connectivity index (χ1) is 16.0. The number of carbonyl (C=O) groups is 1. The molecule has 6 nitrogen and oxygen atoms in total. The van der Waals surface area contributed by atoms with E-state index in [1.54, 1.807) is 18.4 Å². The molecule has 4 aromatic rings. The molecule has 33 heavy (non-hydrogen) atoms. The molecule has 0 N–H and O–H groups in total. The van der Waals surface area contributed by atoms with E-state index in [1.807, 2.05) is 72.4 Å². The zero-order valence-electron chi connectivity index (χ0n) is 18.6. The van der Waals surface area contributed by atoms with Crippen LogP contribution in [0.2, 0.25) is 0 Å². The van der Waals surface area contributed by atoms with Crippen LogP contribution in [0.15, 0.2) is 81.9 Å². The van der Waals surface area contributed by atoms with Gasteiger partial charge in [-0.25, -0.2) is 9.79 Å². The Hall–Kier alpha value is -3.71. The zero-order valence-corrected chi connectivity index (χ0v) is 19.4. The highest BCUT2D eigenvalue weighted by Crippen LogP contribution is 2.30. The van der Waals surface area contributed by atoms with Gasteiger partial charge in [-0.15, -0.1) is 0 Å². The molecule has 0 saturated carbocycles. The number of hydrogen-bond donors (Lipinski definition) is 0. The lowest BCUT2D eigenvalue weighted by atomic mass is 9.96. The number of aryl methyl sites for hydroxylation is 1. The number of benzene rings is 2. The molecule has 0 fully saturated rings. The number of para-hydroxylation sites is 1. The Morgan fingerprint density at radius 3 is 2.64 bits per heavy atom. The number of carbonyl (C=O) groups excluding carboxylic acids is 1. The SMILES string of the molecule is CCOC(=O)C1=C(C)N=c2sc(=Cc3cn(C)c4ccccc34)c(=O)n2[C@@H]1c1ccccc1. The van der Waals surface area contributed by atoms with Gasteiger partial charge in [0.1, 0.15) is 0 Å². The minimum Gasteiger partial charge on any atom is -0.463 e. The van der Waals surface area contributed by atoms with Crippen molar-refractivity contribution in [3.05, 3.63) is 103 Å². The van der Waals surface area contributed by atoms with E-state index in [-0.39, 0.29) is 12.2 Å². The quantitative estimate of drug-likeness (QED) is 0.442. The Morgan fingerprint density at radius 1 is 1.15 bits per heavy atom. The summed E-state index contributed by atoms with van der Waals surface area (Å²) in [5, 5.41) is 1.08. The highest BCUT2D eigenvalue weighted by Gasteiger charge is 2.33. The van der Waals surface area contributed by atoms with Crippen molar-refractivity contribution in [3.8, 4) is 0 Å². The maximum atomic E-state index is 13.7. The average molecular weight is 458 g/mol. The van der Waals surface area contributed by atoms with Crippen molar-refractivity contribution in [2.45, 2.75) is 19.9 Å². The molecule has 0 amide bonds. The van der Waals surface area contributed by atoms with Crippen LogP contribution in [0.1, 0.15) is 31.0 Å². The van der Waals surface area contributed by atoms with Gasteiger partial charge in [-0.05, 0) is 31.6 Å². The van der Waals surface area contributed by atoms with Crippen LogP contribution in [0.4, 0.5) is 0 Å². The van der Waals surface area contributed by atoms with Gasteiger partial charge < -0.3 is 9.30 Å². The van der Waals surface area contributed by atoms with Crippen LogP contribution in [-0.4, -0.2) is 21.7 Å². The Bertz CT molecular complexity index is 1590. The number of esters is 1. The highest BCUT2D eigenvalue weighted by atomic mass is 32.1. The van der Waals surface area contributed by atoms with E-state index in [0.29, 0.717) is 20.6 Å². The van der Waals surface area contributed by atoms with Gasteiger partial charge in [-0.1, -0.05) is 59.9 Å². The molecule has 2 aromatic heterocycles. The maximum absolute atomic E-state index is 13.7. The number of allylic oxidation sites excluding steroid dienone is 1. The molecule has 1 atom stereocenters. The van der Waals surface area contributed by atoms with Gasteiger partial charge in [0.15, 0.2) is 4.80 Å². The minimum atomic E-state index is -0.587. The summed E-state index contributed by atoms with van der Waals surface area (Å²) in [5.74, 6) is -0.448. The number of hydrogen-bond acceptors (Lipinski definition) is 5. The van der Waals surface area contributed by atoms with Crippen molar-refractivity contribution in [1.29, 1.82) is 0 Å². The average Bonchev–Trinajstić information content (AvgIpc) is 3.30. The van der Waals surface area contributed by atoms with Gasteiger partial charge in [-0.2, -0.15) is 0 Å². The highest BCUT2D eigenvalue weighted by molar-refractivity contribution is 7.07. The van der Waals surface area contributed by atoms with Crippen LogP contribution in [0, 0.1) is 0 Å². The standard InChI is InChI=1S/C26H23N3O3S/c1-4-32-25(31)22-16(2)27-26-29(23(22)17-10-6-5-7-11-17)24(30)21(33-26)14-18-15-28(3)20-13-9-8-12-19(18)20/h5-15,23H,4H2,1-3H3/t23-/m1/s1. The van der Waals surface area contributed by atoms with Gasteiger partial charge >= 0.3 is 5.97 Å². The third-order valence-electron chi connectivity index (χ3n) is 5.85. The zero-order chi connectivity index (χ0) is 23.1. The number of nitrogens with zero attached hydrogens (tertiary/aromatic N) is 3. The molecule has 3 heterocycles. The summed E-state index contributed by atoms with van der Waals surface area (Å²) in [6.07, 6.45) is 3.93. The summed E-state index contributed by atoms with van der Waals surface area (Å²) in [5.41, 5.74) is 3.70. The fourth-order valence-corrected chi connectivity index (χ4v) is 5.41. The molecule has 0 saturated heterocycles. The lowest BCUT2D eigenvalue weighted by Crippen LogP contribution is -2.39. The fourth-order valence-electron chi connectivity index (χ4n) is 4.37. The molecule has 0 aliphatic carbocycles. The predicted octanol–water partition coefficient (Wildman–Crippen LogP) is 3.29. The van der Waals surface area contributed by atoms with Gasteiger partial charge in [0, 0.05) is 29.7 Å². The molecule has 7 heteroatoms. The van der Waals surface area contributed by atoms with Crippen LogP contribution in [0.25, 0.3) is 17.0 Å². The molecule has 0 bridgehead atoms. The summed E-state index contributed by atoms with van der Waals surface area (Å²) in [6.45, 7) is 3.82. The minimum absolute atomic E-state index is 0.171. The predicted molar refractivity (Wildman–Crippen MR) is 130 cm³/mol. The van der Waals surface area contributed by atoms with Gasteiger partial charge in [0.05, 0.1) is 28.5 Å². The number of thiazole rings is 1. The second kappa shape index (κ2) is 8.33. The van der Waals surface area contributed by atoms with Crippen LogP contribution in [0.5, 0.6) is 0 Å². The lowest BCUT2D eigenvalue weighted by molar-refractivity contribution is -0.139. The Labute approximate surface area is 194 Å². The van der Waals surface area contributed by atoms with Crippen molar-refractivity contribution in [1.82, 2.24) is 9.13 Å². The van der Waals surface area contributed by atoms with Crippen LogP contribution in [0.3, 0.4) is 0 Å². The second-order valence-corrected chi connectivity index (χ2v) is 8.93. The molecule has 166 valence electrons. The first-order valence-electron chi connectivity index (χ1n) is 10.8. The van der Waals surface area contributed by atoms with Crippen LogP contribution >= 0.6 is 11.3 Å². The smallest absolute Gasteiger partial charge is 0.338 e. The van der Waals surface area contributed by atoms with Crippen molar-refractivity contribution in [2.75, 3.05) is 6.61 Å². The molecule has 0 radical (unpaired) electrons. The largest absolute Gasteiger partial charge is 0.463 e. The Balaban J connectivity index is 1.75. The van der Waals surface area contributed by atoms with Crippen molar-refractivity contribution in [2.24, 2.45) is 12.0 Å². The number of ether oxygens (including phenoxy) is 1. The first kappa shape index (κ1) is 21.2. The lowest BCUT2D eigenvalue weighted by Gasteiger charge is -2.24. The van der Waals surface area contributed by atoms with Crippen molar-refractivity contribution >= 4 is 34.3 Å². The number of rotatable bonds is 4. The monoisotopic (exact) mass is 457 g/mol. The van der Waals surface area contributed by atoms with Gasteiger partial charge in [0.2, 0.25) is 0 Å². The molecular formula is C26H23N3O3S. The molecule has 0 unspecified atom stereocenters. The van der Waals surface area contributed by atoms with Crippen molar-refractivity contribution in [3.63, 3.8) is 0 Å². The third-order valence-corrected chi connectivity index (χ3v) is 6.83. The Kier molecular flexibility index (Phi) is 5.34. The topological polar surface area (TPSA) is 65.6 Å². The van der Waals surface area contributed by atoms with E-state index in [9.17, 15) is 9.59 Å². The molecule has 5 rings (SSSR count). The number of aromatic nitrogens is 2. The number of fused-ring (bicyclic) bond motifs is 2. The fraction of sp³-hybridized carbons (Fsp3) is 0.192. The second-order valence-electron chi connectivity index (χ2n) is 7.93. The summed E-state index contributed by atoms with van der Waals surface area (Å²) in [4.78, 5) is 31.8. The molecule has 2 aromatic carbocycles. The van der Waals surface area contributed by atoms with E-state index in [0.717, 1.165) is 22.0 Å². The summed E-state index contributed by atoms with van der Waals surface area (Å²) < 4.78 is 9.58. The van der Waals surface area contributed by atoms with Crippen LogP contribution < -0.4 is 14.9 Å². The molecular weight excluding hydrogens is 434 g/mol. The van der Waals surface area contributed by atoms with E-state index in [2.05, 4.69) is 11.1 Å². The van der Waals surface area contributed by atoms with Gasteiger partial charge in [-0.3, -0.25) is 9.36 Å². The first-order valence-corrected chi connectivity index (χ1v) is 11.6. The van der Waals surface area contributed by atoms with Crippen molar-refractivity contribution < 1.29 is 9.53 Å². The van der Waals surface area contributed by atoms with Crippen LogP contribution in [-0.2, 0) is 16.6 Å². The maximum Gasteiger partial charge on any atom is 0.338 e. The Morgan fingerprint density at radius 2 is 1.88 bits per heavy atom. The summed E-state index contributed by atoms with van der Waals surface area (Å²) in [7, 11) is 1.99. The molecule has 1 aliphatic rings.